The molecule has 0 atom stereocenters. The third-order valence-corrected chi connectivity index (χ3v) is 10.8. The van der Waals surface area contributed by atoms with Crippen molar-refractivity contribution in [2.24, 2.45) is 0 Å². The molecule has 4 aromatic heterocycles. The molecule has 5 nitrogen and oxygen atoms in total. The standard InChI is InChI=1S/C51H33N5/c1-4-14-34(15-5-1)45-33-46(35-16-6-2-7-17-35)54-50(53-45)38-18-12-21-40(30-38)55-47-24-11-10-22-41(47)42-27-25-37(32-49(42)55)36-26-28-48-44(31-36)43-23-13-29-52-51(43)56(48)39-19-8-3-9-20-39/h1-33H. The number of benzene rings is 7. The van der Waals surface area contributed by atoms with Gasteiger partial charge in [0, 0.05) is 55.8 Å². The van der Waals surface area contributed by atoms with Gasteiger partial charge in [-0.2, -0.15) is 0 Å². The monoisotopic (exact) mass is 715 g/mol. The molecule has 5 heteroatoms. The maximum Gasteiger partial charge on any atom is 0.160 e. The van der Waals surface area contributed by atoms with Gasteiger partial charge in [-0.1, -0.05) is 127 Å². The zero-order chi connectivity index (χ0) is 37.0. The van der Waals surface area contributed by atoms with Crippen molar-refractivity contribution in [3.63, 3.8) is 0 Å². The third kappa shape index (κ3) is 5.29. The Kier molecular flexibility index (Phi) is 7.42. The summed E-state index contributed by atoms with van der Waals surface area (Å²) < 4.78 is 4.63. The molecule has 0 spiro atoms. The number of fused-ring (bicyclic) bond motifs is 6. The average molecular weight is 716 g/mol. The van der Waals surface area contributed by atoms with Crippen LogP contribution in [0.25, 0.3) is 100 Å². The van der Waals surface area contributed by atoms with Crippen molar-refractivity contribution in [3.05, 3.63) is 200 Å². The molecule has 262 valence electrons. The van der Waals surface area contributed by atoms with E-state index in [0.717, 1.165) is 78.2 Å². The zero-order valence-corrected chi connectivity index (χ0v) is 30.3. The highest BCUT2D eigenvalue weighted by Crippen LogP contribution is 2.38. The lowest BCUT2D eigenvalue weighted by Crippen LogP contribution is -1.98. The van der Waals surface area contributed by atoms with Crippen molar-refractivity contribution >= 4 is 43.7 Å². The molecule has 0 radical (unpaired) electrons. The van der Waals surface area contributed by atoms with Crippen LogP contribution in [-0.2, 0) is 0 Å². The lowest BCUT2D eigenvalue weighted by atomic mass is 10.0. The minimum Gasteiger partial charge on any atom is -0.309 e. The summed E-state index contributed by atoms with van der Waals surface area (Å²) in [5.74, 6) is 0.686. The molecule has 0 saturated carbocycles. The highest BCUT2D eigenvalue weighted by Gasteiger charge is 2.18. The second-order valence-electron chi connectivity index (χ2n) is 14.1. The van der Waals surface area contributed by atoms with Gasteiger partial charge in [-0.3, -0.25) is 4.57 Å². The molecule has 0 saturated heterocycles. The van der Waals surface area contributed by atoms with Crippen LogP contribution in [-0.4, -0.2) is 24.1 Å². The zero-order valence-electron chi connectivity index (χ0n) is 30.3. The fourth-order valence-corrected chi connectivity index (χ4v) is 8.17. The molecular weight excluding hydrogens is 683 g/mol. The van der Waals surface area contributed by atoms with Gasteiger partial charge in [-0.05, 0) is 77.9 Å². The van der Waals surface area contributed by atoms with E-state index in [1.807, 2.05) is 30.5 Å². The highest BCUT2D eigenvalue weighted by molar-refractivity contribution is 6.12. The summed E-state index contributed by atoms with van der Waals surface area (Å²) in [7, 11) is 0. The largest absolute Gasteiger partial charge is 0.309 e. The van der Waals surface area contributed by atoms with Gasteiger partial charge in [0.15, 0.2) is 5.82 Å². The first kappa shape index (κ1) is 31.9. The lowest BCUT2D eigenvalue weighted by molar-refractivity contribution is 1.14. The number of rotatable bonds is 6. The Labute approximate surface area is 323 Å². The quantitative estimate of drug-likeness (QED) is 0.172. The van der Waals surface area contributed by atoms with Crippen molar-refractivity contribution in [2.45, 2.75) is 0 Å². The molecule has 0 fully saturated rings. The molecule has 0 aliphatic rings. The van der Waals surface area contributed by atoms with Crippen molar-refractivity contribution in [2.75, 3.05) is 0 Å². The Balaban J connectivity index is 1.08. The molecule has 56 heavy (non-hydrogen) atoms. The average Bonchev–Trinajstić information content (AvgIpc) is 3.79. The molecule has 11 aromatic rings. The van der Waals surface area contributed by atoms with E-state index in [1.165, 1.54) is 16.2 Å². The van der Waals surface area contributed by atoms with Crippen LogP contribution in [0.4, 0.5) is 0 Å². The van der Waals surface area contributed by atoms with E-state index in [0.29, 0.717) is 5.82 Å². The molecule has 0 aliphatic carbocycles. The maximum atomic E-state index is 5.14. The molecule has 7 aromatic carbocycles. The van der Waals surface area contributed by atoms with Crippen molar-refractivity contribution < 1.29 is 0 Å². The van der Waals surface area contributed by atoms with Crippen LogP contribution in [0, 0.1) is 0 Å². The molecule has 11 rings (SSSR count). The predicted octanol–water partition coefficient (Wildman–Crippen LogP) is 12.7. The number of hydrogen-bond acceptors (Lipinski definition) is 3. The molecule has 0 N–H and O–H groups in total. The first-order chi connectivity index (χ1) is 27.8. The Morgan fingerprint density at radius 3 is 1.68 bits per heavy atom. The van der Waals surface area contributed by atoms with Gasteiger partial charge in [0.2, 0.25) is 0 Å². The van der Waals surface area contributed by atoms with Gasteiger partial charge in [0.25, 0.3) is 0 Å². The Morgan fingerprint density at radius 2 is 0.911 bits per heavy atom. The number of hydrogen-bond donors (Lipinski definition) is 0. The molecule has 0 unspecified atom stereocenters. The predicted molar refractivity (Wildman–Crippen MR) is 230 cm³/mol. The van der Waals surface area contributed by atoms with Crippen LogP contribution in [0.2, 0.25) is 0 Å². The summed E-state index contributed by atoms with van der Waals surface area (Å²) in [4.78, 5) is 15.1. The molecule has 4 heterocycles. The van der Waals surface area contributed by atoms with Crippen LogP contribution < -0.4 is 0 Å². The fourth-order valence-electron chi connectivity index (χ4n) is 8.17. The van der Waals surface area contributed by atoms with Gasteiger partial charge in [0.1, 0.15) is 5.65 Å². The van der Waals surface area contributed by atoms with Gasteiger partial charge < -0.3 is 4.57 Å². The molecular formula is C51H33N5. The topological polar surface area (TPSA) is 48.5 Å². The second-order valence-corrected chi connectivity index (χ2v) is 14.1. The third-order valence-electron chi connectivity index (χ3n) is 10.8. The normalized spacial score (nSPS) is 11.6. The van der Waals surface area contributed by atoms with Crippen LogP contribution in [0.15, 0.2) is 200 Å². The van der Waals surface area contributed by atoms with Gasteiger partial charge in [-0.15, -0.1) is 0 Å². The van der Waals surface area contributed by atoms with E-state index in [1.54, 1.807) is 0 Å². The second kappa shape index (κ2) is 13.0. The van der Waals surface area contributed by atoms with E-state index in [-0.39, 0.29) is 0 Å². The van der Waals surface area contributed by atoms with E-state index in [9.17, 15) is 0 Å². The molecule has 0 amide bonds. The number of nitrogens with zero attached hydrogens (tertiary/aromatic N) is 5. The lowest BCUT2D eigenvalue weighted by Gasteiger charge is -2.12. The SMILES string of the molecule is c1ccc(-c2cc(-c3ccccc3)nc(-c3cccc(-n4c5ccccc5c5ccc(-c6ccc7c(c6)c6cccnc6n7-c6ccccc6)cc54)c3)n2)cc1. The van der Waals surface area contributed by atoms with E-state index in [2.05, 4.69) is 179 Å². The van der Waals surface area contributed by atoms with Crippen LogP contribution in [0.3, 0.4) is 0 Å². The maximum absolute atomic E-state index is 5.14. The van der Waals surface area contributed by atoms with Crippen LogP contribution in [0.1, 0.15) is 0 Å². The summed E-state index contributed by atoms with van der Waals surface area (Å²) in [5.41, 5.74) is 13.7. The summed E-state index contributed by atoms with van der Waals surface area (Å²) in [6.45, 7) is 0. The smallest absolute Gasteiger partial charge is 0.160 e. The van der Waals surface area contributed by atoms with Crippen LogP contribution in [0.5, 0.6) is 0 Å². The first-order valence-electron chi connectivity index (χ1n) is 18.9. The molecule has 0 bridgehead atoms. The summed E-state index contributed by atoms with van der Waals surface area (Å²) in [6, 6.07) is 68.3. The molecule has 0 aliphatic heterocycles. The van der Waals surface area contributed by atoms with Gasteiger partial charge in [0.05, 0.1) is 27.9 Å². The minimum atomic E-state index is 0.686. The van der Waals surface area contributed by atoms with E-state index in [4.69, 9.17) is 15.0 Å². The number of pyridine rings is 1. The summed E-state index contributed by atoms with van der Waals surface area (Å²) >= 11 is 0. The first-order valence-corrected chi connectivity index (χ1v) is 18.9. The van der Waals surface area contributed by atoms with E-state index >= 15 is 0 Å². The Hall–Kier alpha value is -7.63. The van der Waals surface area contributed by atoms with Crippen molar-refractivity contribution in [1.82, 2.24) is 24.1 Å². The minimum absolute atomic E-state index is 0.686. The van der Waals surface area contributed by atoms with Crippen molar-refractivity contribution in [3.8, 4) is 56.4 Å². The number of para-hydroxylation sites is 2. The summed E-state index contributed by atoms with van der Waals surface area (Å²) in [5, 5.41) is 4.72. The van der Waals surface area contributed by atoms with Crippen molar-refractivity contribution in [1.29, 1.82) is 0 Å². The van der Waals surface area contributed by atoms with Gasteiger partial charge in [-0.25, -0.2) is 15.0 Å². The van der Waals surface area contributed by atoms with E-state index < -0.39 is 0 Å². The van der Waals surface area contributed by atoms with Crippen LogP contribution >= 0.6 is 0 Å². The Bertz CT molecular complexity index is 3180. The fraction of sp³-hybridized carbons (Fsp3) is 0. The summed E-state index contributed by atoms with van der Waals surface area (Å²) in [6.07, 6.45) is 1.87. The highest BCUT2D eigenvalue weighted by atomic mass is 15.0. The number of aromatic nitrogens is 5. The Morgan fingerprint density at radius 1 is 0.321 bits per heavy atom. The van der Waals surface area contributed by atoms with Gasteiger partial charge >= 0.3 is 0 Å².